The molecule has 9 aromatic rings. The Morgan fingerprint density at radius 2 is 0.927 bits per heavy atom. The number of rotatable bonds is 6. The number of hydrogen-bond donors (Lipinski definition) is 0. The summed E-state index contributed by atoms with van der Waals surface area (Å²) < 4.78 is 2.72. The van der Waals surface area contributed by atoms with Gasteiger partial charge in [0.25, 0.3) is 6.71 Å². The van der Waals surface area contributed by atoms with Crippen LogP contribution in [0, 0.1) is 20.8 Å². The highest BCUT2D eigenvalue weighted by Crippen LogP contribution is 2.54. The molecule has 0 spiro atoms. The van der Waals surface area contributed by atoms with E-state index in [4.69, 9.17) is 0 Å². The number of aryl methyl sites for hydroxylation is 3. The van der Waals surface area contributed by atoms with E-state index in [-0.39, 0.29) is 39.2 Å². The van der Waals surface area contributed by atoms with Crippen LogP contribution in [0.3, 0.4) is 0 Å². The van der Waals surface area contributed by atoms with E-state index in [0.717, 1.165) is 29.2 Å². The van der Waals surface area contributed by atoms with Gasteiger partial charge in [-0.1, -0.05) is 183 Å². The van der Waals surface area contributed by atoms with Crippen molar-refractivity contribution >= 4 is 95.0 Å². The summed E-state index contributed by atoms with van der Waals surface area (Å²) in [5, 5.41) is 1.33. The maximum absolute atomic E-state index is 2.72. The molecule has 1 aromatic heterocycles. The van der Waals surface area contributed by atoms with Crippen molar-refractivity contribution < 1.29 is 0 Å². The second-order valence-electron chi connectivity index (χ2n) is 30.0. The number of benzene rings is 8. The van der Waals surface area contributed by atoms with Gasteiger partial charge in [0.05, 0.1) is 5.69 Å². The van der Waals surface area contributed by atoms with Crippen molar-refractivity contribution in [1.82, 2.24) is 0 Å². The van der Waals surface area contributed by atoms with Crippen molar-refractivity contribution in [1.29, 1.82) is 0 Å². The Balaban J connectivity index is 1.20. The lowest BCUT2D eigenvalue weighted by Crippen LogP contribution is -2.60. The first-order valence-electron chi connectivity index (χ1n) is 30.2. The Kier molecular flexibility index (Phi) is 13.0. The zero-order valence-corrected chi connectivity index (χ0v) is 53.5. The molecule has 1 aliphatic carbocycles. The van der Waals surface area contributed by atoms with Crippen LogP contribution in [0.5, 0.6) is 0 Å². The lowest BCUT2D eigenvalue weighted by atomic mass is 9.36. The van der Waals surface area contributed by atoms with Gasteiger partial charge in [-0.3, -0.25) is 0 Å². The highest BCUT2D eigenvalue weighted by Gasteiger charge is 2.47. The average molecular weight is 1100 g/mol. The van der Waals surface area contributed by atoms with Gasteiger partial charge in [0.1, 0.15) is 0 Å². The normalized spacial score (nSPS) is 15.5. The van der Waals surface area contributed by atoms with E-state index in [1.165, 1.54) is 122 Å². The van der Waals surface area contributed by atoms with Gasteiger partial charge >= 0.3 is 0 Å². The van der Waals surface area contributed by atoms with Crippen molar-refractivity contribution in [2.75, 3.05) is 14.7 Å². The van der Waals surface area contributed by atoms with Crippen molar-refractivity contribution in [2.24, 2.45) is 0 Å². The summed E-state index contributed by atoms with van der Waals surface area (Å²) in [5.41, 5.74) is 28.2. The molecule has 3 nitrogen and oxygen atoms in total. The van der Waals surface area contributed by atoms with Gasteiger partial charge in [-0.15, -0.1) is 11.3 Å². The molecule has 0 bridgehead atoms. The Bertz CT molecular complexity index is 3910. The summed E-state index contributed by atoms with van der Waals surface area (Å²) in [6, 6.07) is 60.4. The minimum Gasteiger partial charge on any atom is -0.311 e. The summed E-state index contributed by atoms with van der Waals surface area (Å²) in [5.74, 6) is 0. The van der Waals surface area contributed by atoms with Crippen LogP contribution >= 0.6 is 11.3 Å². The molecule has 82 heavy (non-hydrogen) atoms. The highest BCUT2D eigenvalue weighted by molar-refractivity contribution is 7.33. The molecule has 0 atom stereocenters. The quantitative estimate of drug-likeness (QED) is 0.154. The van der Waals surface area contributed by atoms with Gasteiger partial charge in [-0.05, 0) is 218 Å². The molecule has 0 saturated carbocycles. The van der Waals surface area contributed by atoms with Crippen molar-refractivity contribution in [3.8, 4) is 11.1 Å². The van der Waals surface area contributed by atoms with Gasteiger partial charge in [-0.25, -0.2) is 0 Å². The molecule has 0 radical (unpaired) electrons. The predicted molar refractivity (Wildman–Crippen MR) is 360 cm³/mol. The Morgan fingerprint density at radius 3 is 1.46 bits per heavy atom. The first kappa shape index (κ1) is 55.7. The monoisotopic (exact) mass is 1100 g/mol. The second kappa shape index (κ2) is 19.1. The van der Waals surface area contributed by atoms with Crippen LogP contribution in [0.2, 0.25) is 0 Å². The summed E-state index contributed by atoms with van der Waals surface area (Å²) in [6.45, 7) is 44.5. The van der Waals surface area contributed by atoms with Crippen LogP contribution in [0.25, 0.3) is 21.2 Å². The third kappa shape index (κ3) is 9.42. The fourth-order valence-corrected chi connectivity index (χ4v) is 15.2. The minimum atomic E-state index is -0.0475. The van der Waals surface area contributed by atoms with Crippen LogP contribution < -0.4 is 30.4 Å². The van der Waals surface area contributed by atoms with Gasteiger partial charge in [-0.2, -0.15) is 0 Å². The Hall–Kier alpha value is -6.82. The molecule has 0 amide bonds. The minimum absolute atomic E-state index is 0.00859. The van der Waals surface area contributed by atoms with E-state index in [1.54, 1.807) is 0 Å². The highest BCUT2D eigenvalue weighted by atomic mass is 32.1. The van der Waals surface area contributed by atoms with Crippen molar-refractivity contribution in [3.63, 3.8) is 0 Å². The maximum atomic E-state index is 2.72. The molecule has 0 saturated heterocycles. The first-order valence-corrected chi connectivity index (χ1v) is 31.0. The largest absolute Gasteiger partial charge is 0.311 e. The summed E-state index contributed by atoms with van der Waals surface area (Å²) >= 11 is 2.00. The first-order chi connectivity index (χ1) is 38.4. The number of thiophene rings is 1. The molecule has 0 fully saturated rings. The van der Waals surface area contributed by atoms with Crippen molar-refractivity contribution in [3.05, 3.63) is 202 Å². The standard InChI is InChI=1S/C77H86BN3S/c1-47-40-48(2)68(49(3)41-47)50-42-65-69-66(43-50)81(58-33-35-61-62(45-58)77(18,19)39-38-76(61,16)17)70-60-44-54(75(13,14)15)26-37-67(60)82-71(70)78(69)63-36-34-59(46-64(63)80(65)57-31-24-53(25-32-57)74(10,11)12)79(55-27-20-51(21-28-55)72(4,5)6)56-29-22-52(23-30-56)73(7,8)9/h20-37,40-46H,38-39H2,1-19H3. The van der Waals surface area contributed by atoms with Gasteiger partial charge < -0.3 is 14.7 Å². The molecule has 3 aliphatic rings. The zero-order valence-electron chi connectivity index (χ0n) is 52.7. The molecule has 5 heteroatoms. The van der Waals surface area contributed by atoms with Crippen LogP contribution in [-0.4, -0.2) is 6.71 Å². The zero-order chi connectivity index (χ0) is 58.5. The fourth-order valence-electron chi connectivity index (χ4n) is 13.9. The van der Waals surface area contributed by atoms with Crippen molar-refractivity contribution in [2.45, 2.75) is 177 Å². The number of nitrogens with zero attached hydrogens (tertiary/aromatic N) is 3. The summed E-state index contributed by atoms with van der Waals surface area (Å²) in [6.07, 6.45) is 2.33. The molecule has 2 aliphatic heterocycles. The second-order valence-corrected chi connectivity index (χ2v) is 31.1. The Labute approximate surface area is 496 Å². The molecule has 0 N–H and O–H groups in total. The number of anilines is 9. The molecule has 3 heterocycles. The molecule has 418 valence electrons. The third-order valence-corrected chi connectivity index (χ3v) is 20.0. The van der Waals surface area contributed by atoms with Crippen LogP contribution in [0.4, 0.5) is 51.2 Å². The van der Waals surface area contributed by atoms with Gasteiger partial charge in [0.15, 0.2) is 0 Å². The van der Waals surface area contributed by atoms with Crippen LogP contribution in [0.1, 0.15) is 174 Å². The van der Waals surface area contributed by atoms with Crippen LogP contribution in [0.15, 0.2) is 152 Å². The van der Waals surface area contributed by atoms with E-state index in [2.05, 4.69) is 298 Å². The molecule has 12 rings (SSSR count). The lowest BCUT2D eigenvalue weighted by molar-refractivity contribution is 0.332. The van der Waals surface area contributed by atoms with E-state index < -0.39 is 0 Å². The third-order valence-electron chi connectivity index (χ3n) is 18.8. The molecule has 0 unspecified atom stereocenters. The smallest absolute Gasteiger partial charge is 0.264 e. The topological polar surface area (TPSA) is 9.72 Å². The summed E-state index contributed by atoms with van der Waals surface area (Å²) in [7, 11) is 0. The van der Waals surface area contributed by atoms with E-state index in [0.29, 0.717) is 0 Å². The number of hydrogen-bond acceptors (Lipinski definition) is 4. The van der Waals surface area contributed by atoms with Gasteiger partial charge in [0.2, 0.25) is 0 Å². The lowest BCUT2D eigenvalue weighted by Gasteiger charge is -2.45. The molecular formula is C77H86BN3S. The SMILES string of the molecule is Cc1cc(C)c(-c2cc3c4c(c2)N(c2ccc5c(c2)C(C)(C)CCC5(C)C)c2c(sc5ccc(C(C)(C)C)cc25)B4c2ccc(N(c4ccc(C(C)(C)C)cc4)c4ccc(C(C)(C)C)cc4)cc2N3c2ccc(C(C)(C)C)cc2)c(C)c1. The molecule has 8 aromatic carbocycles. The Morgan fingerprint density at radius 1 is 0.451 bits per heavy atom. The molecular weight excluding hydrogens is 1010 g/mol. The predicted octanol–water partition coefficient (Wildman–Crippen LogP) is 20.6. The maximum Gasteiger partial charge on any atom is 0.264 e. The summed E-state index contributed by atoms with van der Waals surface area (Å²) in [4.78, 5) is 7.84. The number of fused-ring (bicyclic) bond motifs is 7. The van der Waals surface area contributed by atoms with E-state index in [9.17, 15) is 0 Å². The van der Waals surface area contributed by atoms with E-state index >= 15 is 0 Å². The van der Waals surface area contributed by atoms with Gasteiger partial charge in [0, 0.05) is 60.4 Å². The fraction of sp³-hybridized carbons (Fsp3) is 0.351. The van der Waals surface area contributed by atoms with Crippen LogP contribution in [-0.2, 0) is 32.5 Å². The van der Waals surface area contributed by atoms with E-state index in [1.807, 2.05) is 11.3 Å². The average Bonchev–Trinajstić information content (AvgIpc) is 1.95.